The van der Waals surface area contributed by atoms with Gasteiger partial charge >= 0.3 is 11.6 Å². The zero-order valence-corrected chi connectivity index (χ0v) is 13.6. The van der Waals surface area contributed by atoms with Gasteiger partial charge in [-0.05, 0) is 25.5 Å². The summed E-state index contributed by atoms with van der Waals surface area (Å²) in [6.45, 7) is 3.14. The van der Waals surface area contributed by atoms with Gasteiger partial charge in [-0.1, -0.05) is 6.07 Å². The van der Waals surface area contributed by atoms with Gasteiger partial charge in [-0.15, -0.1) is 5.10 Å². The number of hydrogen-bond donors (Lipinski definition) is 1. The van der Waals surface area contributed by atoms with E-state index in [0.717, 1.165) is 10.9 Å². The first-order valence-electron chi connectivity index (χ1n) is 7.08. The molecule has 1 aromatic carbocycles. The zero-order chi connectivity index (χ0) is 18.7. The molecule has 1 amide bonds. The maximum atomic E-state index is 12.3. The summed E-state index contributed by atoms with van der Waals surface area (Å²) in [5, 5.41) is 28.3. The van der Waals surface area contributed by atoms with Gasteiger partial charge in [0.05, 0.1) is 17.0 Å². The summed E-state index contributed by atoms with van der Waals surface area (Å²) in [7, 11) is 1.22. The van der Waals surface area contributed by atoms with Crippen molar-refractivity contribution in [2.75, 3.05) is 12.4 Å². The predicted molar refractivity (Wildman–Crippen MR) is 86.6 cm³/mol. The minimum absolute atomic E-state index is 0.0288. The van der Waals surface area contributed by atoms with Crippen LogP contribution < -0.4 is 10.1 Å². The van der Waals surface area contributed by atoms with E-state index >= 15 is 0 Å². The van der Waals surface area contributed by atoms with Crippen LogP contribution in [0, 0.1) is 27.2 Å². The van der Waals surface area contributed by atoms with Crippen LogP contribution in [0.4, 0.5) is 17.1 Å². The van der Waals surface area contributed by atoms with Crippen LogP contribution >= 0.6 is 0 Å². The van der Waals surface area contributed by atoms with Crippen molar-refractivity contribution in [2.45, 2.75) is 19.9 Å². The number of carbonyl (C=O) groups is 1. The summed E-state index contributed by atoms with van der Waals surface area (Å²) in [4.78, 5) is 33.1. The summed E-state index contributed by atoms with van der Waals surface area (Å²) < 4.78 is 5.87. The first-order valence-corrected chi connectivity index (χ1v) is 7.08. The van der Waals surface area contributed by atoms with E-state index in [1.165, 1.54) is 26.2 Å². The van der Waals surface area contributed by atoms with Crippen molar-refractivity contribution in [1.82, 2.24) is 9.78 Å². The third-order valence-corrected chi connectivity index (χ3v) is 3.45. The molecule has 132 valence electrons. The molecule has 11 heteroatoms. The lowest BCUT2D eigenvalue weighted by atomic mass is 10.2. The molecule has 25 heavy (non-hydrogen) atoms. The third-order valence-electron chi connectivity index (χ3n) is 3.45. The van der Waals surface area contributed by atoms with Crippen LogP contribution in [0.25, 0.3) is 0 Å². The largest absolute Gasteiger partial charge is 0.475 e. The fourth-order valence-electron chi connectivity index (χ4n) is 2.09. The van der Waals surface area contributed by atoms with Crippen LogP contribution in [0.5, 0.6) is 5.88 Å². The van der Waals surface area contributed by atoms with Gasteiger partial charge in [-0.3, -0.25) is 25.0 Å². The summed E-state index contributed by atoms with van der Waals surface area (Å²) in [6.07, 6.45) is 1.06. The smallest absolute Gasteiger partial charge is 0.350 e. The molecule has 0 spiro atoms. The fourth-order valence-corrected chi connectivity index (χ4v) is 2.09. The Kier molecular flexibility index (Phi) is 4.96. The molecule has 1 heterocycles. The molecule has 1 atom stereocenters. The third kappa shape index (κ3) is 3.71. The van der Waals surface area contributed by atoms with E-state index in [-0.39, 0.29) is 22.9 Å². The van der Waals surface area contributed by atoms with Crippen LogP contribution in [0.1, 0.15) is 18.5 Å². The molecular weight excluding hydrogens is 334 g/mol. The summed E-state index contributed by atoms with van der Waals surface area (Å²) in [6, 6.07) is 3.42. The molecule has 0 saturated heterocycles. The molecule has 1 unspecified atom stereocenters. The van der Waals surface area contributed by atoms with Gasteiger partial charge in [0.15, 0.2) is 0 Å². The number of aromatic nitrogens is 2. The van der Waals surface area contributed by atoms with Gasteiger partial charge < -0.3 is 10.1 Å². The Balaban J connectivity index is 2.27. The van der Waals surface area contributed by atoms with Crippen molar-refractivity contribution in [2.24, 2.45) is 0 Å². The average Bonchev–Trinajstić information content (AvgIpc) is 3.00. The van der Waals surface area contributed by atoms with Crippen molar-refractivity contribution in [1.29, 1.82) is 0 Å². The standard InChI is InChI=1S/C14H15N5O6/c1-8-4-5-10(11(6-8)18(21)22)15-13(20)9(2)17-7-12(19(23)24)14(16-17)25-3/h4-7,9H,1-3H3,(H,15,20). The van der Waals surface area contributed by atoms with E-state index in [9.17, 15) is 25.0 Å². The van der Waals surface area contributed by atoms with Crippen molar-refractivity contribution in [3.05, 3.63) is 50.2 Å². The fraction of sp³-hybridized carbons (Fsp3) is 0.286. The van der Waals surface area contributed by atoms with Crippen LogP contribution in [-0.2, 0) is 4.79 Å². The molecular formula is C14H15N5O6. The Hall–Kier alpha value is -3.50. The van der Waals surface area contributed by atoms with E-state index in [1.807, 2.05) is 0 Å². The van der Waals surface area contributed by atoms with Gasteiger partial charge in [0, 0.05) is 6.07 Å². The molecule has 2 aromatic rings. The van der Waals surface area contributed by atoms with E-state index in [2.05, 4.69) is 10.4 Å². The predicted octanol–water partition coefficient (Wildman–Crippen LogP) is 2.22. The zero-order valence-electron chi connectivity index (χ0n) is 13.6. The number of nitrogens with zero attached hydrogens (tertiary/aromatic N) is 4. The number of methoxy groups -OCH3 is 1. The second-order valence-electron chi connectivity index (χ2n) is 5.20. The molecule has 0 radical (unpaired) electrons. The second kappa shape index (κ2) is 6.95. The van der Waals surface area contributed by atoms with Gasteiger partial charge in [0.1, 0.15) is 17.9 Å². The molecule has 2 rings (SSSR count). The van der Waals surface area contributed by atoms with Gasteiger partial charge in [0.2, 0.25) is 5.91 Å². The molecule has 1 N–H and O–H groups in total. The quantitative estimate of drug-likeness (QED) is 0.622. The normalized spacial score (nSPS) is 11.6. The highest BCUT2D eigenvalue weighted by atomic mass is 16.6. The number of aryl methyl sites for hydroxylation is 1. The lowest BCUT2D eigenvalue weighted by Crippen LogP contribution is -2.24. The molecule has 0 saturated carbocycles. The van der Waals surface area contributed by atoms with Crippen molar-refractivity contribution in [3.8, 4) is 5.88 Å². The molecule has 0 aliphatic carbocycles. The number of nitro benzene ring substituents is 1. The lowest BCUT2D eigenvalue weighted by Gasteiger charge is -2.12. The summed E-state index contributed by atoms with van der Waals surface area (Å²) in [5.74, 6) is -0.849. The van der Waals surface area contributed by atoms with Crippen LogP contribution in [0.2, 0.25) is 0 Å². The Bertz CT molecular complexity index is 846. The van der Waals surface area contributed by atoms with E-state index in [0.29, 0.717) is 5.56 Å². The van der Waals surface area contributed by atoms with Gasteiger partial charge in [-0.25, -0.2) is 4.68 Å². The van der Waals surface area contributed by atoms with Gasteiger partial charge in [0.25, 0.3) is 5.69 Å². The number of anilines is 1. The highest BCUT2D eigenvalue weighted by Gasteiger charge is 2.26. The summed E-state index contributed by atoms with van der Waals surface area (Å²) >= 11 is 0. The highest BCUT2D eigenvalue weighted by Crippen LogP contribution is 2.28. The van der Waals surface area contributed by atoms with Crippen molar-refractivity contribution >= 4 is 23.0 Å². The average molecular weight is 349 g/mol. The second-order valence-corrected chi connectivity index (χ2v) is 5.20. The number of ether oxygens (including phenoxy) is 1. The van der Waals surface area contributed by atoms with E-state index in [1.54, 1.807) is 13.0 Å². The molecule has 0 fully saturated rings. The Morgan fingerprint density at radius 3 is 2.44 bits per heavy atom. The van der Waals surface area contributed by atoms with Crippen molar-refractivity contribution < 1.29 is 19.4 Å². The SMILES string of the molecule is COc1nn(C(C)C(=O)Nc2ccc(C)cc2[N+](=O)[O-])cc1[N+](=O)[O-]. The first-order chi connectivity index (χ1) is 11.7. The Labute approximate surface area is 141 Å². The molecule has 0 aliphatic heterocycles. The summed E-state index contributed by atoms with van der Waals surface area (Å²) in [5.41, 5.74) is 0.0688. The monoisotopic (exact) mass is 349 g/mol. The maximum Gasteiger partial charge on any atom is 0.350 e. The Morgan fingerprint density at radius 1 is 1.28 bits per heavy atom. The minimum Gasteiger partial charge on any atom is -0.475 e. The number of nitrogens with one attached hydrogen (secondary N) is 1. The van der Waals surface area contributed by atoms with Crippen LogP contribution in [-0.4, -0.2) is 32.6 Å². The van der Waals surface area contributed by atoms with Crippen molar-refractivity contribution in [3.63, 3.8) is 0 Å². The Morgan fingerprint density at radius 2 is 1.92 bits per heavy atom. The number of amides is 1. The van der Waals surface area contributed by atoms with Gasteiger partial charge in [-0.2, -0.15) is 0 Å². The van der Waals surface area contributed by atoms with E-state index in [4.69, 9.17) is 4.74 Å². The number of carbonyl (C=O) groups excluding carboxylic acids is 1. The number of nitro groups is 2. The van der Waals surface area contributed by atoms with E-state index < -0.39 is 21.8 Å². The molecule has 1 aromatic heterocycles. The number of rotatable bonds is 6. The maximum absolute atomic E-state index is 12.3. The number of benzene rings is 1. The lowest BCUT2D eigenvalue weighted by molar-refractivity contribution is -0.385. The molecule has 0 bridgehead atoms. The van der Waals surface area contributed by atoms with Crippen LogP contribution in [0.15, 0.2) is 24.4 Å². The minimum atomic E-state index is -0.955. The first kappa shape index (κ1) is 17.8. The van der Waals surface area contributed by atoms with Crippen LogP contribution in [0.3, 0.4) is 0 Å². The number of hydrogen-bond acceptors (Lipinski definition) is 7. The highest BCUT2D eigenvalue weighted by molar-refractivity contribution is 5.95. The topological polar surface area (TPSA) is 142 Å². The molecule has 0 aliphatic rings. The molecule has 11 nitrogen and oxygen atoms in total.